The quantitative estimate of drug-likeness (QED) is 0.774. The number of hydrogen-bond acceptors (Lipinski definition) is 3. The molecule has 0 spiro atoms. The van der Waals surface area contributed by atoms with Crippen molar-refractivity contribution < 1.29 is 0 Å². The minimum Gasteiger partial charge on any atom is -0.249 e. The zero-order valence-corrected chi connectivity index (χ0v) is 11.5. The van der Waals surface area contributed by atoms with Crippen LogP contribution >= 0.6 is 39.0 Å². The molecule has 1 nitrogen and oxygen atoms in total. The molecule has 1 aromatic heterocycles. The summed E-state index contributed by atoms with van der Waals surface area (Å²) in [5, 5.41) is 1.19. The lowest BCUT2D eigenvalue weighted by molar-refractivity contribution is 1.25. The van der Waals surface area contributed by atoms with Crippen molar-refractivity contribution in [3.8, 4) is 0 Å². The Hall–Kier alpha value is -0.320. The first kappa shape index (κ1) is 11.2. The molecule has 2 rings (SSSR count). The number of thioether (sulfide) groups is 1. The van der Waals surface area contributed by atoms with Crippen LogP contribution in [0.3, 0.4) is 0 Å². The number of rotatable bonds is 3. The van der Waals surface area contributed by atoms with Gasteiger partial charge >= 0.3 is 0 Å². The zero-order valence-electron chi connectivity index (χ0n) is 8.24. The number of nitrogens with zero attached hydrogens (tertiary/aromatic N) is 1. The van der Waals surface area contributed by atoms with Crippen LogP contribution in [0.15, 0.2) is 39.8 Å². The van der Waals surface area contributed by atoms with Crippen molar-refractivity contribution in [1.82, 2.24) is 4.98 Å². The molecule has 1 heterocycles. The van der Waals surface area contributed by atoms with Gasteiger partial charge in [0.15, 0.2) is 0 Å². The van der Waals surface area contributed by atoms with Crippen molar-refractivity contribution in [1.29, 1.82) is 0 Å². The van der Waals surface area contributed by atoms with Crippen molar-refractivity contribution in [3.05, 3.63) is 44.8 Å². The van der Waals surface area contributed by atoms with Gasteiger partial charge in [0, 0.05) is 20.4 Å². The van der Waals surface area contributed by atoms with Gasteiger partial charge in [0.2, 0.25) is 0 Å². The monoisotopic (exact) mass is 299 g/mol. The molecule has 0 aliphatic heterocycles. The summed E-state index contributed by atoms with van der Waals surface area (Å²) in [5.74, 6) is 0.958. The summed E-state index contributed by atoms with van der Waals surface area (Å²) in [5.41, 5.74) is 0. The molecule has 0 atom stereocenters. The highest BCUT2D eigenvalue weighted by atomic mass is 79.9. The van der Waals surface area contributed by atoms with Crippen LogP contribution in [0.4, 0.5) is 0 Å². The number of hydrogen-bond donors (Lipinski definition) is 0. The number of aromatic nitrogens is 1. The Morgan fingerprint density at radius 1 is 1.33 bits per heavy atom. The van der Waals surface area contributed by atoms with E-state index in [4.69, 9.17) is 0 Å². The van der Waals surface area contributed by atoms with E-state index in [1.54, 1.807) is 11.3 Å². The van der Waals surface area contributed by atoms with Gasteiger partial charge in [-0.3, -0.25) is 0 Å². The van der Waals surface area contributed by atoms with Crippen LogP contribution < -0.4 is 0 Å². The average molecular weight is 300 g/mol. The molecule has 0 radical (unpaired) electrons. The Morgan fingerprint density at radius 2 is 2.07 bits per heavy atom. The molecule has 0 aliphatic carbocycles. The first-order valence-corrected chi connectivity index (χ1v) is 7.13. The molecule has 4 heteroatoms. The second-order valence-corrected chi connectivity index (χ2v) is 6.39. The van der Waals surface area contributed by atoms with Crippen molar-refractivity contribution in [2.24, 2.45) is 0 Å². The fourth-order valence-electron chi connectivity index (χ4n) is 1.14. The minimum absolute atomic E-state index is 0.958. The zero-order chi connectivity index (χ0) is 10.7. The summed E-state index contributed by atoms with van der Waals surface area (Å²) in [6.07, 6.45) is 1.93. The minimum atomic E-state index is 0.958. The molecular formula is C11H10BrNS2. The summed E-state index contributed by atoms with van der Waals surface area (Å²) in [7, 11) is 0. The van der Waals surface area contributed by atoms with Crippen LogP contribution in [0.1, 0.15) is 9.88 Å². The van der Waals surface area contributed by atoms with Crippen LogP contribution in [-0.2, 0) is 5.75 Å². The van der Waals surface area contributed by atoms with Gasteiger partial charge in [-0.15, -0.1) is 23.1 Å². The molecule has 0 aliphatic rings. The van der Waals surface area contributed by atoms with Crippen LogP contribution in [0, 0.1) is 6.92 Å². The number of benzene rings is 1. The van der Waals surface area contributed by atoms with Gasteiger partial charge in [0.05, 0.1) is 5.75 Å². The maximum Gasteiger partial charge on any atom is 0.103 e. The highest BCUT2D eigenvalue weighted by Crippen LogP contribution is 2.25. The number of halogens is 1. The summed E-state index contributed by atoms with van der Waals surface area (Å²) in [6.45, 7) is 2.09. The molecule has 15 heavy (non-hydrogen) atoms. The highest BCUT2D eigenvalue weighted by molar-refractivity contribution is 9.10. The largest absolute Gasteiger partial charge is 0.249 e. The molecule has 0 saturated heterocycles. The molecule has 2 aromatic rings. The summed E-state index contributed by atoms with van der Waals surface area (Å²) in [6, 6.07) is 8.37. The third-order valence-electron chi connectivity index (χ3n) is 1.85. The second kappa shape index (κ2) is 5.14. The number of aryl methyl sites for hydroxylation is 1. The Balaban J connectivity index is 1.96. The Bertz CT molecular complexity index is 436. The smallest absolute Gasteiger partial charge is 0.103 e. The Labute approximate surface area is 106 Å². The van der Waals surface area contributed by atoms with E-state index in [0.29, 0.717) is 0 Å². The van der Waals surface area contributed by atoms with E-state index in [9.17, 15) is 0 Å². The molecule has 0 saturated carbocycles. The van der Waals surface area contributed by atoms with Crippen LogP contribution in [0.25, 0.3) is 0 Å². The summed E-state index contributed by atoms with van der Waals surface area (Å²) < 4.78 is 1.12. The third-order valence-corrected chi connectivity index (χ3v) is 4.49. The van der Waals surface area contributed by atoms with Gasteiger partial charge in [-0.05, 0) is 31.2 Å². The van der Waals surface area contributed by atoms with Gasteiger partial charge in [0.25, 0.3) is 0 Å². The topological polar surface area (TPSA) is 12.9 Å². The molecule has 0 unspecified atom stereocenters. The van der Waals surface area contributed by atoms with E-state index >= 15 is 0 Å². The second-order valence-electron chi connectivity index (χ2n) is 3.11. The molecule has 0 N–H and O–H groups in total. The van der Waals surface area contributed by atoms with Gasteiger partial charge in [-0.2, -0.15) is 0 Å². The SMILES string of the molecule is Cc1cnc(CSc2ccc(Br)cc2)s1. The molecule has 78 valence electrons. The normalized spacial score (nSPS) is 10.5. The van der Waals surface area contributed by atoms with Crippen LogP contribution in [-0.4, -0.2) is 4.98 Å². The Morgan fingerprint density at radius 3 is 2.67 bits per heavy atom. The van der Waals surface area contributed by atoms with Gasteiger partial charge in [0.1, 0.15) is 5.01 Å². The molecule has 0 fully saturated rings. The van der Waals surface area contributed by atoms with E-state index < -0.39 is 0 Å². The van der Waals surface area contributed by atoms with E-state index in [2.05, 4.69) is 52.1 Å². The summed E-state index contributed by atoms with van der Waals surface area (Å²) in [4.78, 5) is 6.90. The summed E-state index contributed by atoms with van der Waals surface area (Å²) >= 11 is 7.02. The van der Waals surface area contributed by atoms with Crippen LogP contribution in [0.2, 0.25) is 0 Å². The lowest BCUT2D eigenvalue weighted by atomic mass is 10.4. The van der Waals surface area contributed by atoms with E-state index in [-0.39, 0.29) is 0 Å². The number of thiazole rings is 1. The first-order chi connectivity index (χ1) is 7.24. The van der Waals surface area contributed by atoms with Crippen molar-refractivity contribution in [3.63, 3.8) is 0 Å². The van der Waals surface area contributed by atoms with Crippen molar-refractivity contribution >= 4 is 39.0 Å². The lowest BCUT2D eigenvalue weighted by Crippen LogP contribution is -1.77. The lowest BCUT2D eigenvalue weighted by Gasteiger charge is -1.98. The van der Waals surface area contributed by atoms with E-state index in [0.717, 1.165) is 10.2 Å². The third kappa shape index (κ3) is 3.33. The first-order valence-electron chi connectivity index (χ1n) is 4.54. The van der Waals surface area contributed by atoms with Gasteiger partial charge in [-0.25, -0.2) is 4.98 Å². The predicted molar refractivity (Wildman–Crippen MR) is 70.6 cm³/mol. The maximum atomic E-state index is 4.34. The standard InChI is InChI=1S/C11H10BrNS2/c1-8-6-13-11(15-8)7-14-10-4-2-9(12)3-5-10/h2-6H,7H2,1H3. The molecule has 1 aromatic carbocycles. The van der Waals surface area contributed by atoms with Crippen LogP contribution in [0.5, 0.6) is 0 Å². The predicted octanol–water partition coefficient (Wildman–Crippen LogP) is 4.51. The maximum absolute atomic E-state index is 4.34. The average Bonchev–Trinajstić information content (AvgIpc) is 2.64. The fraction of sp³-hybridized carbons (Fsp3) is 0.182. The Kier molecular flexibility index (Phi) is 3.83. The fourth-order valence-corrected chi connectivity index (χ4v) is 3.10. The molecule has 0 amide bonds. The highest BCUT2D eigenvalue weighted by Gasteiger charge is 2.00. The van der Waals surface area contributed by atoms with Crippen molar-refractivity contribution in [2.75, 3.05) is 0 Å². The van der Waals surface area contributed by atoms with E-state index in [1.807, 2.05) is 18.0 Å². The van der Waals surface area contributed by atoms with E-state index in [1.165, 1.54) is 14.8 Å². The molecule has 0 bridgehead atoms. The molecular weight excluding hydrogens is 290 g/mol. The van der Waals surface area contributed by atoms with Crippen molar-refractivity contribution in [2.45, 2.75) is 17.6 Å². The van der Waals surface area contributed by atoms with Gasteiger partial charge in [-0.1, -0.05) is 15.9 Å². The van der Waals surface area contributed by atoms with Gasteiger partial charge < -0.3 is 0 Å².